The molecule has 11 heteroatoms. The highest BCUT2D eigenvalue weighted by molar-refractivity contribution is 5.91. The van der Waals surface area contributed by atoms with E-state index in [0.717, 1.165) is 67.6 Å². The Hall–Kier alpha value is -3.83. The summed E-state index contributed by atoms with van der Waals surface area (Å²) in [5.41, 5.74) is 2.85. The van der Waals surface area contributed by atoms with E-state index in [1.807, 2.05) is 6.07 Å². The Labute approximate surface area is 223 Å². The molecule has 2 aromatic heterocycles. The summed E-state index contributed by atoms with van der Waals surface area (Å²) in [6.07, 6.45) is 4.60. The molecule has 39 heavy (non-hydrogen) atoms. The summed E-state index contributed by atoms with van der Waals surface area (Å²) in [6.45, 7) is 3.68. The molecular formula is C28H28F2N5O4-. The second-order valence-electron chi connectivity index (χ2n) is 10.1. The van der Waals surface area contributed by atoms with Crippen LogP contribution in [0.15, 0.2) is 48.7 Å². The van der Waals surface area contributed by atoms with Gasteiger partial charge in [-0.1, -0.05) is 6.07 Å². The highest BCUT2D eigenvalue weighted by Crippen LogP contribution is 2.29. The van der Waals surface area contributed by atoms with Crippen molar-refractivity contribution in [2.45, 2.75) is 51.0 Å². The Balaban J connectivity index is 1.09. The molecule has 0 spiro atoms. The van der Waals surface area contributed by atoms with Crippen molar-refractivity contribution in [1.29, 1.82) is 0 Å². The average molecular weight is 537 g/mol. The molecule has 2 aromatic carbocycles. The zero-order valence-corrected chi connectivity index (χ0v) is 21.3. The van der Waals surface area contributed by atoms with Crippen molar-refractivity contribution in [3.8, 4) is 0 Å². The number of likely N-dealkylation sites (tertiary alicyclic amines) is 1. The van der Waals surface area contributed by atoms with Crippen molar-refractivity contribution in [2.75, 3.05) is 19.7 Å². The number of nitrogens with zero attached hydrogens (tertiary/aromatic N) is 5. The van der Waals surface area contributed by atoms with Crippen LogP contribution in [0.4, 0.5) is 8.78 Å². The quantitative estimate of drug-likeness (QED) is 0.325. The number of carbonyl (C=O) groups is 1. The third-order valence-electron chi connectivity index (χ3n) is 7.57. The van der Waals surface area contributed by atoms with Gasteiger partial charge in [-0.3, -0.25) is 4.90 Å². The van der Waals surface area contributed by atoms with Crippen LogP contribution in [0.3, 0.4) is 0 Å². The van der Waals surface area contributed by atoms with Crippen LogP contribution < -0.4 is 9.94 Å². The Morgan fingerprint density at radius 3 is 2.64 bits per heavy atom. The summed E-state index contributed by atoms with van der Waals surface area (Å²) in [4.78, 5) is 25.5. The van der Waals surface area contributed by atoms with E-state index in [1.54, 1.807) is 18.3 Å². The molecule has 1 atom stereocenters. The Morgan fingerprint density at radius 2 is 1.92 bits per heavy atom. The highest BCUT2D eigenvalue weighted by Gasteiger charge is 2.26. The minimum atomic E-state index is -1.20. The fourth-order valence-corrected chi connectivity index (χ4v) is 5.23. The second-order valence-corrected chi connectivity index (χ2v) is 10.1. The van der Waals surface area contributed by atoms with Gasteiger partial charge in [0.15, 0.2) is 0 Å². The predicted octanol–water partition coefficient (Wildman–Crippen LogP) is 2.67. The van der Waals surface area contributed by atoms with E-state index < -0.39 is 17.6 Å². The number of benzene rings is 2. The number of imidazole rings is 1. The lowest BCUT2D eigenvalue weighted by Crippen LogP contribution is -2.35. The van der Waals surface area contributed by atoms with Crippen molar-refractivity contribution in [3.63, 3.8) is 0 Å². The number of carbonyl (C=O) groups excluding carboxylic acids is 1. The number of aromatic nitrogens is 4. The third-order valence-corrected chi connectivity index (χ3v) is 7.57. The molecule has 0 N–H and O–H groups in total. The average Bonchev–Trinajstić information content (AvgIpc) is 3.50. The first-order valence-electron chi connectivity index (χ1n) is 13.1. The topological polar surface area (TPSA) is 97.5 Å². The van der Waals surface area contributed by atoms with Crippen molar-refractivity contribution in [2.24, 2.45) is 0 Å². The summed E-state index contributed by atoms with van der Waals surface area (Å²) in [5.74, 6) is -1.33. The summed E-state index contributed by atoms with van der Waals surface area (Å²) in [6, 6.07) is 10.2. The molecule has 0 unspecified atom stereocenters. The number of ether oxygens (including phenoxy) is 1. The smallest absolute Gasteiger partial charge is 0.145 e. The van der Waals surface area contributed by atoms with Gasteiger partial charge in [-0.25, -0.2) is 13.8 Å². The molecule has 9 nitrogen and oxygen atoms in total. The Bertz CT molecular complexity index is 1490. The van der Waals surface area contributed by atoms with E-state index in [-0.39, 0.29) is 29.8 Å². The predicted molar refractivity (Wildman–Crippen MR) is 135 cm³/mol. The second kappa shape index (κ2) is 10.7. The molecule has 0 bridgehead atoms. The number of halogens is 2. The van der Waals surface area contributed by atoms with Gasteiger partial charge in [0.05, 0.1) is 48.1 Å². The van der Waals surface area contributed by atoms with Crippen molar-refractivity contribution in [3.05, 3.63) is 82.9 Å². The first-order valence-corrected chi connectivity index (χ1v) is 13.1. The lowest BCUT2D eigenvalue weighted by atomic mass is 9.94. The molecule has 4 heterocycles. The van der Waals surface area contributed by atoms with Gasteiger partial charge < -0.3 is 24.0 Å². The Morgan fingerprint density at radius 1 is 1.10 bits per heavy atom. The van der Waals surface area contributed by atoms with Crippen LogP contribution in [0.25, 0.3) is 11.0 Å². The maximum Gasteiger partial charge on any atom is 0.145 e. The van der Waals surface area contributed by atoms with Gasteiger partial charge >= 0.3 is 0 Å². The van der Waals surface area contributed by atoms with Crippen LogP contribution in [-0.4, -0.2) is 56.2 Å². The molecule has 204 valence electrons. The minimum Gasteiger partial charge on any atom is -0.545 e. The third kappa shape index (κ3) is 5.50. The van der Waals surface area contributed by atoms with Crippen LogP contribution in [-0.2, 0) is 24.4 Å². The maximum atomic E-state index is 13.9. The molecule has 0 saturated carbocycles. The number of fused-ring (bicyclic) bond motifs is 1. The zero-order valence-electron chi connectivity index (χ0n) is 21.3. The molecule has 2 aliphatic heterocycles. The minimum absolute atomic E-state index is 0.0525. The molecule has 4 aromatic rings. The highest BCUT2D eigenvalue weighted by atomic mass is 19.1. The first kappa shape index (κ1) is 25.4. The summed E-state index contributed by atoms with van der Waals surface area (Å²) < 4.78 is 34.7. The molecule has 2 saturated heterocycles. The Kier molecular flexibility index (Phi) is 7.01. The largest absolute Gasteiger partial charge is 0.545 e. The van der Waals surface area contributed by atoms with Gasteiger partial charge in [0.25, 0.3) is 0 Å². The van der Waals surface area contributed by atoms with E-state index >= 15 is 0 Å². The molecule has 0 aliphatic carbocycles. The molecule has 2 aliphatic rings. The number of rotatable bonds is 9. The molecular weight excluding hydrogens is 508 g/mol. The number of aromatic carboxylic acids is 1. The molecule has 0 radical (unpaired) electrons. The monoisotopic (exact) mass is 536 g/mol. The number of carboxylic acid groups (broad SMARTS) is 1. The van der Waals surface area contributed by atoms with E-state index in [0.29, 0.717) is 13.1 Å². The summed E-state index contributed by atoms with van der Waals surface area (Å²) in [7, 11) is 0. The van der Waals surface area contributed by atoms with Crippen LogP contribution in [0, 0.1) is 11.6 Å². The standard InChI is InChI=1S/C28H29F2N5O4/c29-21-3-1-20(23(30)14-21)17-39-35-11-7-24(32-35)18-5-9-33(10-6-18)16-27-31-25-4-2-19(28(36)37)13-26(25)34(27)15-22-8-12-38-22/h1-4,7,11,13-14,18,22H,5-6,8-10,12,15-17H2,(H,36,37)/p-1/t22-/m0/s1. The molecule has 2 fully saturated rings. The van der Waals surface area contributed by atoms with Crippen LogP contribution in [0.5, 0.6) is 0 Å². The number of hydrogen-bond donors (Lipinski definition) is 0. The van der Waals surface area contributed by atoms with Crippen molar-refractivity contribution < 1.29 is 28.3 Å². The van der Waals surface area contributed by atoms with Gasteiger partial charge in [-0.05, 0) is 68.2 Å². The number of carboxylic acids is 1. The summed E-state index contributed by atoms with van der Waals surface area (Å²) in [5, 5.41) is 15.9. The van der Waals surface area contributed by atoms with Gasteiger partial charge in [0.1, 0.15) is 24.1 Å². The van der Waals surface area contributed by atoms with E-state index in [2.05, 4.69) is 14.6 Å². The van der Waals surface area contributed by atoms with Crippen molar-refractivity contribution in [1.82, 2.24) is 24.4 Å². The van der Waals surface area contributed by atoms with E-state index in [4.69, 9.17) is 14.6 Å². The molecule has 0 amide bonds. The number of piperidine rings is 1. The van der Waals surface area contributed by atoms with Gasteiger partial charge in [0.2, 0.25) is 0 Å². The maximum absolute atomic E-state index is 13.9. The van der Waals surface area contributed by atoms with Crippen LogP contribution in [0.2, 0.25) is 0 Å². The lowest BCUT2D eigenvalue weighted by molar-refractivity contribution is -0.255. The van der Waals surface area contributed by atoms with Gasteiger partial charge in [0, 0.05) is 24.2 Å². The van der Waals surface area contributed by atoms with Crippen LogP contribution >= 0.6 is 0 Å². The number of hydrogen-bond acceptors (Lipinski definition) is 7. The normalized spacial score (nSPS) is 18.4. The molecule has 6 rings (SSSR count). The fraction of sp³-hybridized carbons (Fsp3) is 0.393. The van der Waals surface area contributed by atoms with Crippen molar-refractivity contribution >= 4 is 17.0 Å². The fourth-order valence-electron chi connectivity index (χ4n) is 5.23. The van der Waals surface area contributed by atoms with Gasteiger partial charge in [-0.15, -0.1) is 9.94 Å². The zero-order chi connectivity index (χ0) is 26.9. The lowest BCUT2D eigenvalue weighted by Gasteiger charge is -2.32. The van der Waals surface area contributed by atoms with Gasteiger partial charge in [-0.2, -0.15) is 0 Å². The first-order chi connectivity index (χ1) is 18.9. The van der Waals surface area contributed by atoms with E-state index in [1.165, 1.54) is 23.0 Å². The SMILES string of the molecule is O=C([O-])c1ccc2nc(CN3CCC(c4ccn(OCc5ccc(F)cc5F)n4)CC3)n(C[C@@H]3CCO3)c2c1. The van der Waals surface area contributed by atoms with E-state index in [9.17, 15) is 18.7 Å². The summed E-state index contributed by atoms with van der Waals surface area (Å²) >= 11 is 0. The van der Waals surface area contributed by atoms with Crippen LogP contribution in [0.1, 0.15) is 52.6 Å².